The molecular weight excluding hydrogens is 452 g/mol. The van der Waals surface area contributed by atoms with Crippen LogP contribution in [0.1, 0.15) is 64.5 Å². The summed E-state index contributed by atoms with van der Waals surface area (Å²) in [5.74, 6) is 1.46. The molecule has 0 radical (unpaired) electrons. The van der Waals surface area contributed by atoms with E-state index in [0.717, 1.165) is 24.8 Å². The summed E-state index contributed by atoms with van der Waals surface area (Å²) in [5.41, 5.74) is 2.80. The zero-order chi connectivity index (χ0) is 26.2. The number of nitrogens with zero attached hydrogens (tertiary/aromatic N) is 2. The lowest BCUT2D eigenvalue weighted by molar-refractivity contribution is -0.134. The van der Waals surface area contributed by atoms with Crippen LogP contribution in [0.5, 0.6) is 0 Å². The zero-order valence-corrected chi connectivity index (χ0v) is 22.0. The van der Waals surface area contributed by atoms with Gasteiger partial charge in [0, 0.05) is 45.4 Å². The number of rotatable bonds is 8. The highest BCUT2D eigenvalue weighted by Gasteiger charge is 2.33. The van der Waals surface area contributed by atoms with Gasteiger partial charge in [0.2, 0.25) is 17.7 Å². The Balaban J connectivity index is 1.51. The molecule has 194 valence electrons. The Morgan fingerprint density at radius 3 is 2.36 bits per heavy atom. The predicted molar refractivity (Wildman–Crippen MR) is 139 cm³/mol. The molecule has 1 aliphatic carbocycles. The molecule has 2 N–H and O–H groups in total. The normalized spacial score (nSPS) is 22.5. The average molecular weight is 493 g/mol. The molecule has 3 unspecified atom stereocenters. The van der Waals surface area contributed by atoms with E-state index in [2.05, 4.69) is 43.6 Å². The van der Waals surface area contributed by atoms with E-state index in [1.165, 1.54) is 5.57 Å². The Labute approximate surface area is 215 Å². The van der Waals surface area contributed by atoms with Gasteiger partial charge in [-0.3, -0.25) is 14.4 Å². The minimum Gasteiger partial charge on any atom is -0.355 e. The van der Waals surface area contributed by atoms with Gasteiger partial charge in [-0.25, -0.2) is 0 Å². The van der Waals surface area contributed by atoms with Crippen LogP contribution < -0.4 is 10.6 Å². The molecule has 7 nitrogen and oxygen atoms in total. The second-order valence-corrected chi connectivity index (χ2v) is 10.7. The van der Waals surface area contributed by atoms with Gasteiger partial charge < -0.3 is 15.5 Å². The number of carbonyl (C=O) groups is 3. The molecule has 1 aromatic carbocycles. The standard InChI is InChI=1S/C29H40N4O3/c1-19(2)27-14-25(15-28(35)31-17-23-7-5-22(16-30)6-8-23)20(3)13-26(27)18-32-29(36)24-9-11-33(12-10-24)21(4)34/h5-8,13,19,24-27H,9-12,14-15,17-18H2,1-4H3,(H,31,35)(H,32,36). The van der Waals surface area contributed by atoms with E-state index >= 15 is 0 Å². The summed E-state index contributed by atoms with van der Waals surface area (Å²) in [6.45, 7) is 10.5. The second kappa shape index (κ2) is 12.7. The van der Waals surface area contributed by atoms with Crippen LogP contribution in [-0.4, -0.2) is 42.3 Å². The third kappa shape index (κ3) is 7.43. The third-order valence-electron chi connectivity index (χ3n) is 7.91. The van der Waals surface area contributed by atoms with Crippen molar-refractivity contribution >= 4 is 17.7 Å². The second-order valence-electron chi connectivity index (χ2n) is 10.7. The van der Waals surface area contributed by atoms with Crippen molar-refractivity contribution in [1.29, 1.82) is 5.26 Å². The molecule has 0 spiro atoms. The van der Waals surface area contributed by atoms with Gasteiger partial charge in [0.1, 0.15) is 0 Å². The number of likely N-dealkylation sites (tertiary alicyclic amines) is 1. The summed E-state index contributed by atoms with van der Waals surface area (Å²) in [7, 11) is 0. The summed E-state index contributed by atoms with van der Waals surface area (Å²) < 4.78 is 0. The van der Waals surface area contributed by atoms with Crippen molar-refractivity contribution in [1.82, 2.24) is 15.5 Å². The molecule has 3 rings (SSSR count). The van der Waals surface area contributed by atoms with Crippen LogP contribution in [0.15, 0.2) is 35.9 Å². The Hall–Kier alpha value is -3.14. The molecular formula is C29H40N4O3. The van der Waals surface area contributed by atoms with E-state index in [-0.39, 0.29) is 35.5 Å². The summed E-state index contributed by atoms with van der Waals surface area (Å²) in [5, 5.41) is 15.1. The molecule has 1 saturated heterocycles. The van der Waals surface area contributed by atoms with Crippen molar-refractivity contribution in [3.8, 4) is 6.07 Å². The maximum atomic E-state index is 12.8. The Morgan fingerprint density at radius 2 is 1.78 bits per heavy atom. The molecule has 7 heteroatoms. The summed E-state index contributed by atoms with van der Waals surface area (Å²) >= 11 is 0. The Kier molecular flexibility index (Phi) is 9.69. The quantitative estimate of drug-likeness (QED) is 0.539. The first-order chi connectivity index (χ1) is 17.2. The van der Waals surface area contributed by atoms with Gasteiger partial charge >= 0.3 is 0 Å². The largest absolute Gasteiger partial charge is 0.355 e. The van der Waals surface area contributed by atoms with Gasteiger partial charge in [-0.1, -0.05) is 37.6 Å². The summed E-state index contributed by atoms with van der Waals surface area (Å²) in [6.07, 6.45) is 5.10. The smallest absolute Gasteiger partial charge is 0.223 e. The maximum absolute atomic E-state index is 12.8. The lowest BCUT2D eigenvalue weighted by Gasteiger charge is -2.37. The molecule has 1 aromatic rings. The monoisotopic (exact) mass is 492 g/mol. The van der Waals surface area contributed by atoms with Crippen molar-refractivity contribution < 1.29 is 14.4 Å². The summed E-state index contributed by atoms with van der Waals surface area (Å²) in [6, 6.07) is 9.36. The molecule has 1 fully saturated rings. The van der Waals surface area contributed by atoms with Crippen molar-refractivity contribution in [2.45, 2.75) is 59.9 Å². The highest BCUT2D eigenvalue weighted by Crippen LogP contribution is 2.38. The minimum absolute atomic E-state index is 0.0284. The van der Waals surface area contributed by atoms with Gasteiger partial charge in [0.15, 0.2) is 0 Å². The van der Waals surface area contributed by atoms with Crippen LogP contribution in [0.3, 0.4) is 0 Å². The van der Waals surface area contributed by atoms with Crippen LogP contribution in [0.25, 0.3) is 0 Å². The fourth-order valence-electron chi connectivity index (χ4n) is 5.52. The van der Waals surface area contributed by atoms with Crippen LogP contribution >= 0.6 is 0 Å². The van der Waals surface area contributed by atoms with Crippen LogP contribution in [-0.2, 0) is 20.9 Å². The van der Waals surface area contributed by atoms with Crippen molar-refractivity contribution in [3.63, 3.8) is 0 Å². The number of allylic oxidation sites excluding steroid dienone is 1. The molecule has 0 aromatic heterocycles. The molecule has 36 heavy (non-hydrogen) atoms. The van der Waals surface area contributed by atoms with E-state index in [1.807, 2.05) is 17.0 Å². The molecule has 3 amide bonds. The highest BCUT2D eigenvalue weighted by atomic mass is 16.2. The first kappa shape index (κ1) is 27.4. The van der Waals surface area contributed by atoms with E-state index < -0.39 is 0 Å². The van der Waals surface area contributed by atoms with Crippen molar-refractivity contribution in [2.75, 3.05) is 19.6 Å². The Bertz CT molecular complexity index is 1000. The van der Waals surface area contributed by atoms with Crippen LogP contribution in [0.4, 0.5) is 0 Å². The zero-order valence-electron chi connectivity index (χ0n) is 22.0. The third-order valence-corrected chi connectivity index (χ3v) is 7.91. The van der Waals surface area contributed by atoms with Gasteiger partial charge in [-0.05, 0) is 67.6 Å². The number of piperidine rings is 1. The molecule has 1 heterocycles. The highest BCUT2D eigenvalue weighted by molar-refractivity contribution is 5.79. The lowest BCUT2D eigenvalue weighted by Crippen LogP contribution is -2.44. The van der Waals surface area contributed by atoms with E-state index in [1.54, 1.807) is 19.1 Å². The fourth-order valence-corrected chi connectivity index (χ4v) is 5.52. The minimum atomic E-state index is -0.0284. The first-order valence-electron chi connectivity index (χ1n) is 13.1. The number of amides is 3. The van der Waals surface area contributed by atoms with Gasteiger partial charge in [-0.15, -0.1) is 0 Å². The predicted octanol–water partition coefficient (Wildman–Crippen LogP) is 3.79. The first-order valence-corrected chi connectivity index (χ1v) is 13.1. The molecule has 3 atom stereocenters. The molecule has 0 bridgehead atoms. The lowest BCUT2D eigenvalue weighted by atomic mass is 9.69. The van der Waals surface area contributed by atoms with Gasteiger partial charge in [0.25, 0.3) is 0 Å². The molecule has 1 aliphatic heterocycles. The number of nitrogens with one attached hydrogen (secondary N) is 2. The Morgan fingerprint density at radius 1 is 1.11 bits per heavy atom. The number of carbonyl (C=O) groups excluding carboxylic acids is 3. The van der Waals surface area contributed by atoms with E-state index in [9.17, 15) is 14.4 Å². The van der Waals surface area contributed by atoms with E-state index in [4.69, 9.17) is 5.26 Å². The number of benzene rings is 1. The molecule has 0 saturated carbocycles. The van der Waals surface area contributed by atoms with Crippen molar-refractivity contribution in [2.24, 2.45) is 29.6 Å². The van der Waals surface area contributed by atoms with E-state index in [0.29, 0.717) is 50.0 Å². The van der Waals surface area contributed by atoms with Gasteiger partial charge in [-0.2, -0.15) is 5.26 Å². The SMILES string of the molecule is CC(=O)N1CCC(C(=O)NCC2C=C(C)C(CC(=O)NCc3ccc(C#N)cc3)CC2C(C)C)CC1. The topological polar surface area (TPSA) is 102 Å². The van der Waals surface area contributed by atoms with Crippen LogP contribution in [0.2, 0.25) is 0 Å². The van der Waals surface area contributed by atoms with Gasteiger partial charge in [0.05, 0.1) is 11.6 Å². The molecule has 2 aliphatic rings. The number of nitriles is 1. The maximum Gasteiger partial charge on any atom is 0.223 e. The summed E-state index contributed by atoms with van der Waals surface area (Å²) in [4.78, 5) is 38.9. The van der Waals surface area contributed by atoms with Crippen molar-refractivity contribution in [3.05, 3.63) is 47.0 Å². The average Bonchev–Trinajstić information content (AvgIpc) is 2.87. The number of hydrogen-bond donors (Lipinski definition) is 2. The van der Waals surface area contributed by atoms with Crippen LogP contribution in [0, 0.1) is 40.9 Å². The fraction of sp³-hybridized carbons (Fsp3) is 0.586. The number of hydrogen-bond acceptors (Lipinski definition) is 4.